The zero-order chi connectivity index (χ0) is 12.4. The maximum Gasteiger partial charge on any atom is 0.333 e. The highest BCUT2D eigenvalue weighted by molar-refractivity contribution is 5.59. The number of rotatable bonds is 4. The second-order valence-electron chi connectivity index (χ2n) is 4.27. The zero-order valence-corrected chi connectivity index (χ0v) is 9.97. The highest BCUT2D eigenvalue weighted by Crippen LogP contribution is 2.27. The third kappa shape index (κ3) is 2.38. The predicted molar refractivity (Wildman–Crippen MR) is 62.0 cm³/mol. The molecule has 7 heteroatoms. The lowest BCUT2D eigenvalue weighted by atomic mass is 10.1. The van der Waals surface area contributed by atoms with E-state index in [0.717, 1.165) is 19.6 Å². The Balaban J connectivity index is 2.11. The van der Waals surface area contributed by atoms with Gasteiger partial charge in [-0.3, -0.25) is 10.1 Å². The number of nitrogens with zero attached hydrogens (tertiary/aromatic N) is 3. The van der Waals surface area contributed by atoms with Crippen LogP contribution in [0.2, 0.25) is 0 Å². The van der Waals surface area contributed by atoms with Gasteiger partial charge in [0.2, 0.25) is 5.82 Å². The normalized spacial score (nSPS) is 19.5. The molecule has 1 aliphatic heterocycles. The van der Waals surface area contributed by atoms with Gasteiger partial charge in [-0.15, -0.1) is 0 Å². The van der Waals surface area contributed by atoms with Gasteiger partial charge in [0.15, 0.2) is 0 Å². The van der Waals surface area contributed by atoms with Crippen molar-refractivity contribution in [1.82, 2.24) is 9.78 Å². The minimum absolute atomic E-state index is 0.0615. The highest BCUT2D eigenvalue weighted by Gasteiger charge is 2.25. The molecule has 0 spiro atoms. The van der Waals surface area contributed by atoms with E-state index in [2.05, 4.69) is 10.4 Å². The van der Waals surface area contributed by atoms with Crippen LogP contribution in [-0.4, -0.2) is 34.5 Å². The molecule has 1 atom stereocenters. The number of aryl methyl sites for hydroxylation is 2. The summed E-state index contributed by atoms with van der Waals surface area (Å²) in [5, 5.41) is 18.1. The second kappa shape index (κ2) is 4.70. The summed E-state index contributed by atoms with van der Waals surface area (Å²) in [6.07, 6.45) is 0.998. The minimum Gasteiger partial charge on any atom is -0.381 e. The molecule has 1 aromatic heterocycles. The van der Waals surface area contributed by atoms with Crippen molar-refractivity contribution in [2.24, 2.45) is 13.0 Å². The van der Waals surface area contributed by atoms with Gasteiger partial charge in [-0.1, -0.05) is 0 Å². The molecular weight excluding hydrogens is 224 g/mol. The molecule has 0 radical (unpaired) electrons. The fraction of sp³-hybridized carbons (Fsp3) is 0.700. The molecule has 2 heterocycles. The maximum absolute atomic E-state index is 10.9. The SMILES string of the molecule is Cc1nn(C)c(NCC2CCOC2)c1[N+](=O)[O-]. The van der Waals surface area contributed by atoms with Crippen LogP contribution in [0.3, 0.4) is 0 Å². The summed E-state index contributed by atoms with van der Waals surface area (Å²) < 4.78 is 6.78. The Morgan fingerprint density at radius 1 is 1.71 bits per heavy atom. The predicted octanol–water partition coefficient (Wildman–Crippen LogP) is 1.09. The van der Waals surface area contributed by atoms with Crippen LogP contribution in [-0.2, 0) is 11.8 Å². The van der Waals surface area contributed by atoms with Crippen LogP contribution in [0.25, 0.3) is 0 Å². The van der Waals surface area contributed by atoms with E-state index in [4.69, 9.17) is 4.74 Å². The molecule has 0 amide bonds. The Bertz CT molecular complexity index is 423. The first-order valence-electron chi connectivity index (χ1n) is 5.59. The Kier molecular flexibility index (Phi) is 3.28. The molecule has 1 N–H and O–H groups in total. The molecule has 94 valence electrons. The average molecular weight is 240 g/mol. The number of ether oxygens (including phenoxy) is 1. The summed E-state index contributed by atoms with van der Waals surface area (Å²) in [5.74, 6) is 0.893. The van der Waals surface area contributed by atoms with Crippen LogP contribution < -0.4 is 5.32 Å². The molecule has 2 rings (SSSR count). The summed E-state index contributed by atoms with van der Waals surface area (Å²) in [6.45, 7) is 3.82. The van der Waals surface area contributed by atoms with Gasteiger partial charge in [0.1, 0.15) is 5.69 Å². The van der Waals surface area contributed by atoms with Crippen molar-refractivity contribution in [3.8, 4) is 0 Å². The van der Waals surface area contributed by atoms with Gasteiger partial charge in [-0.05, 0) is 13.3 Å². The number of nitro groups is 1. The molecular formula is C10H16N4O3. The zero-order valence-electron chi connectivity index (χ0n) is 9.97. The van der Waals surface area contributed by atoms with Crippen molar-refractivity contribution in [3.05, 3.63) is 15.8 Å². The van der Waals surface area contributed by atoms with Crippen LogP contribution in [0.15, 0.2) is 0 Å². The lowest BCUT2D eigenvalue weighted by Gasteiger charge is -2.09. The highest BCUT2D eigenvalue weighted by atomic mass is 16.6. The van der Waals surface area contributed by atoms with Gasteiger partial charge in [0.25, 0.3) is 0 Å². The van der Waals surface area contributed by atoms with Crippen molar-refractivity contribution in [2.45, 2.75) is 13.3 Å². The number of hydrogen-bond donors (Lipinski definition) is 1. The van der Waals surface area contributed by atoms with Gasteiger partial charge in [-0.2, -0.15) is 5.10 Å². The van der Waals surface area contributed by atoms with Crippen LogP contribution in [0, 0.1) is 23.0 Å². The Hall–Kier alpha value is -1.63. The molecule has 7 nitrogen and oxygen atoms in total. The van der Waals surface area contributed by atoms with Crippen LogP contribution in [0.4, 0.5) is 11.5 Å². The number of nitrogens with one attached hydrogen (secondary N) is 1. The molecule has 1 unspecified atom stereocenters. The lowest BCUT2D eigenvalue weighted by molar-refractivity contribution is -0.384. The van der Waals surface area contributed by atoms with E-state index < -0.39 is 4.92 Å². The van der Waals surface area contributed by atoms with E-state index in [1.165, 1.54) is 4.68 Å². The van der Waals surface area contributed by atoms with Crippen molar-refractivity contribution < 1.29 is 9.66 Å². The van der Waals surface area contributed by atoms with E-state index in [1.54, 1.807) is 14.0 Å². The smallest absolute Gasteiger partial charge is 0.333 e. The maximum atomic E-state index is 10.9. The fourth-order valence-corrected chi connectivity index (χ4v) is 2.05. The summed E-state index contributed by atoms with van der Waals surface area (Å²) in [5.41, 5.74) is 0.495. The molecule has 0 bridgehead atoms. The monoisotopic (exact) mass is 240 g/mol. The summed E-state index contributed by atoms with van der Waals surface area (Å²) >= 11 is 0. The van der Waals surface area contributed by atoms with E-state index in [1.807, 2.05) is 0 Å². The van der Waals surface area contributed by atoms with Gasteiger partial charge >= 0.3 is 5.69 Å². The topological polar surface area (TPSA) is 82.2 Å². The minimum atomic E-state index is -0.393. The number of hydrogen-bond acceptors (Lipinski definition) is 5. The Labute approximate surface area is 98.9 Å². The quantitative estimate of drug-likeness (QED) is 0.629. The standard InChI is InChI=1S/C10H16N4O3/c1-7-9(14(15)16)10(13(2)12-7)11-5-8-3-4-17-6-8/h8,11H,3-6H2,1-2H3. The molecule has 1 saturated heterocycles. The third-order valence-corrected chi connectivity index (χ3v) is 2.96. The molecule has 0 aromatic carbocycles. The first-order valence-corrected chi connectivity index (χ1v) is 5.59. The van der Waals surface area contributed by atoms with Crippen molar-refractivity contribution in [3.63, 3.8) is 0 Å². The summed E-state index contributed by atoms with van der Waals surface area (Å²) in [4.78, 5) is 10.5. The van der Waals surface area contributed by atoms with Gasteiger partial charge in [0.05, 0.1) is 11.5 Å². The number of anilines is 1. The van der Waals surface area contributed by atoms with E-state index in [-0.39, 0.29) is 5.69 Å². The van der Waals surface area contributed by atoms with Crippen LogP contribution in [0.5, 0.6) is 0 Å². The van der Waals surface area contributed by atoms with Crippen molar-refractivity contribution >= 4 is 11.5 Å². The van der Waals surface area contributed by atoms with Gasteiger partial charge < -0.3 is 10.1 Å². The average Bonchev–Trinajstić information content (AvgIpc) is 2.83. The Morgan fingerprint density at radius 2 is 2.47 bits per heavy atom. The fourth-order valence-electron chi connectivity index (χ4n) is 2.05. The van der Waals surface area contributed by atoms with Crippen LogP contribution >= 0.6 is 0 Å². The molecule has 17 heavy (non-hydrogen) atoms. The first kappa shape index (κ1) is 11.8. The molecule has 1 aliphatic rings. The number of aromatic nitrogens is 2. The summed E-state index contributed by atoms with van der Waals surface area (Å²) in [7, 11) is 1.70. The second-order valence-corrected chi connectivity index (χ2v) is 4.27. The molecule has 1 fully saturated rings. The van der Waals surface area contributed by atoms with Crippen molar-refractivity contribution in [2.75, 3.05) is 25.1 Å². The Morgan fingerprint density at radius 3 is 3.06 bits per heavy atom. The molecule has 0 saturated carbocycles. The summed E-state index contributed by atoms with van der Waals surface area (Å²) in [6, 6.07) is 0. The van der Waals surface area contributed by atoms with Gasteiger partial charge in [-0.25, -0.2) is 4.68 Å². The van der Waals surface area contributed by atoms with Crippen molar-refractivity contribution in [1.29, 1.82) is 0 Å². The molecule has 1 aromatic rings. The van der Waals surface area contributed by atoms with Crippen LogP contribution in [0.1, 0.15) is 12.1 Å². The van der Waals surface area contributed by atoms with E-state index in [9.17, 15) is 10.1 Å². The van der Waals surface area contributed by atoms with E-state index >= 15 is 0 Å². The first-order chi connectivity index (χ1) is 8.09. The largest absolute Gasteiger partial charge is 0.381 e. The van der Waals surface area contributed by atoms with E-state index in [0.29, 0.717) is 24.0 Å². The lowest BCUT2D eigenvalue weighted by Crippen LogP contribution is -2.16. The third-order valence-electron chi connectivity index (χ3n) is 2.96. The molecule has 0 aliphatic carbocycles. The van der Waals surface area contributed by atoms with Gasteiger partial charge in [0, 0.05) is 26.1 Å².